The van der Waals surface area contributed by atoms with Crippen LogP contribution in [0, 0.1) is 0 Å². The first-order valence-corrected chi connectivity index (χ1v) is 9.49. The molecule has 29 heavy (non-hydrogen) atoms. The van der Waals surface area contributed by atoms with Crippen LogP contribution in [0.5, 0.6) is 11.6 Å². The summed E-state index contributed by atoms with van der Waals surface area (Å²) in [6.45, 7) is 0. The zero-order valence-electron chi connectivity index (χ0n) is 15.4. The molecule has 0 radical (unpaired) electrons. The van der Waals surface area contributed by atoms with Gasteiger partial charge in [-0.05, 0) is 24.3 Å². The van der Waals surface area contributed by atoms with E-state index in [2.05, 4.69) is 10.1 Å². The largest absolute Gasteiger partial charge is 0.439 e. The van der Waals surface area contributed by atoms with E-state index in [1.54, 1.807) is 18.2 Å². The number of nitrogens with zero attached hydrogens (tertiary/aromatic N) is 2. The number of halogens is 1. The highest BCUT2D eigenvalue weighted by Crippen LogP contribution is 2.27. The molecule has 0 fully saturated rings. The van der Waals surface area contributed by atoms with E-state index in [0.29, 0.717) is 40.1 Å². The number of hydrogen-bond donors (Lipinski definition) is 0. The molecule has 0 aliphatic heterocycles. The molecule has 2 heterocycles. The molecule has 2 aromatic carbocycles. The zero-order chi connectivity index (χ0) is 20.1. The highest BCUT2D eigenvalue weighted by atomic mass is 35.5. The van der Waals surface area contributed by atoms with Gasteiger partial charge in [0.15, 0.2) is 5.78 Å². The summed E-state index contributed by atoms with van der Waals surface area (Å²) in [6, 6.07) is 22.0. The van der Waals surface area contributed by atoms with Gasteiger partial charge in [-0.1, -0.05) is 53.2 Å². The number of ether oxygens (including phenoxy) is 1. The first-order chi connectivity index (χ1) is 14.2. The Morgan fingerprint density at radius 2 is 1.79 bits per heavy atom. The normalized spacial score (nSPS) is 10.7. The third-order valence-electron chi connectivity index (χ3n) is 4.33. The number of aromatic nitrogens is 2. The van der Waals surface area contributed by atoms with E-state index in [1.807, 2.05) is 54.6 Å². The van der Waals surface area contributed by atoms with Crippen molar-refractivity contribution in [3.8, 4) is 22.9 Å². The van der Waals surface area contributed by atoms with Crippen molar-refractivity contribution in [3.63, 3.8) is 0 Å². The summed E-state index contributed by atoms with van der Waals surface area (Å²) in [4.78, 5) is 16.7. The maximum Gasteiger partial charge on any atom is 0.219 e. The van der Waals surface area contributed by atoms with E-state index in [-0.39, 0.29) is 12.2 Å². The van der Waals surface area contributed by atoms with Crippen LogP contribution >= 0.6 is 11.6 Å². The molecule has 0 amide bonds. The SMILES string of the molecule is O=C(CCc1cc(-c2ccccc2Cl)no1)c1ccc(Oc2ccccc2)nc1. The Morgan fingerprint density at radius 3 is 2.55 bits per heavy atom. The molecule has 0 spiro atoms. The molecule has 5 nitrogen and oxygen atoms in total. The predicted octanol–water partition coefficient (Wildman–Crippen LogP) is 6.00. The number of pyridine rings is 1. The molecule has 6 heteroatoms. The second-order valence-corrected chi connectivity index (χ2v) is 6.79. The van der Waals surface area contributed by atoms with E-state index < -0.39 is 0 Å². The van der Waals surface area contributed by atoms with Crippen molar-refractivity contribution < 1.29 is 14.1 Å². The van der Waals surface area contributed by atoms with Crippen molar-refractivity contribution in [3.05, 3.63) is 95.3 Å². The molecule has 4 rings (SSSR count). The van der Waals surface area contributed by atoms with Gasteiger partial charge in [-0.2, -0.15) is 0 Å². The minimum atomic E-state index is -0.0283. The van der Waals surface area contributed by atoms with Crippen LogP contribution in [0.25, 0.3) is 11.3 Å². The zero-order valence-corrected chi connectivity index (χ0v) is 16.2. The Labute approximate surface area is 172 Å². The first-order valence-electron chi connectivity index (χ1n) is 9.12. The van der Waals surface area contributed by atoms with Crippen molar-refractivity contribution >= 4 is 17.4 Å². The van der Waals surface area contributed by atoms with Crippen molar-refractivity contribution in [2.24, 2.45) is 0 Å². The Kier molecular flexibility index (Phi) is 5.68. The molecule has 0 aliphatic carbocycles. The minimum absolute atomic E-state index is 0.0283. The molecule has 0 saturated carbocycles. The maximum atomic E-state index is 12.5. The number of ketones is 1. The van der Waals surface area contributed by atoms with Gasteiger partial charge in [0.05, 0.1) is 5.02 Å². The van der Waals surface area contributed by atoms with Gasteiger partial charge in [0, 0.05) is 42.3 Å². The van der Waals surface area contributed by atoms with Crippen molar-refractivity contribution in [1.29, 1.82) is 0 Å². The van der Waals surface area contributed by atoms with Gasteiger partial charge in [0.2, 0.25) is 5.88 Å². The summed E-state index contributed by atoms with van der Waals surface area (Å²) < 4.78 is 11.0. The average molecular weight is 405 g/mol. The average Bonchev–Trinajstić information content (AvgIpc) is 3.22. The molecule has 144 valence electrons. The predicted molar refractivity (Wildman–Crippen MR) is 110 cm³/mol. The molecule has 4 aromatic rings. The molecule has 2 aromatic heterocycles. The standard InChI is InChI=1S/C23H17ClN2O3/c24-20-9-5-4-8-19(20)21-14-18(29-26-21)11-12-22(27)16-10-13-23(25-15-16)28-17-6-2-1-3-7-17/h1-10,13-15H,11-12H2. The van der Waals surface area contributed by atoms with Crippen LogP contribution in [-0.2, 0) is 6.42 Å². The smallest absolute Gasteiger partial charge is 0.219 e. The Balaban J connectivity index is 1.36. The quantitative estimate of drug-likeness (QED) is 0.353. The molecule has 0 N–H and O–H groups in total. The van der Waals surface area contributed by atoms with Crippen LogP contribution in [0.2, 0.25) is 5.02 Å². The monoisotopic (exact) mass is 404 g/mol. The topological polar surface area (TPSA) is 65.2 Å². The summed E-state index contributed by atoms with van der Waals surface area (Å²) in [6.07, 6.45) is 2.26. The molecule has 0 saturated heterocycles. The third kappa shape index (κ3) is 4.70. The van der Waals surface area contributed by atoms with E-state index in [1.165, 1.54) is 6.20 Å². The minimum Gasteiger partial charge on any atom is -0.439 e. The molecule has 0 aliphatic rings. The van der Waals surface area contributed by atoms with Crippen molar-refractivity contribution in [2.75, 3.05) is 0 Å². The summed E-state index contributed by atoms with van der Waals surface area (Å²) in [5.74, 6) is 1.73. The second-order valence-electron chi connectivity index (χ2n) is 6.38. The molecule has 0 unspecified atom stereocenters. The van der Waals surface area contributed by atoms with Crippen molar-refractivity contribution in [2.45, 2.75) is 12.8 Å². The lowest BCUT2D eigenvalue weighted by molar-refractivity contribution is 0.0980. The first kappa shape index (κ1) is 18.9. The van der Waals surface area contributed by atoms with Crippen LogP contribution in [-0.4, -0.2) is 15.9 Å². The van der Waals surface area contributed by atoms with Crippen LogP contribution in [0.4, 0.5) is 0 Å². The van der Waals surface area contributed by atoms with Gasteiger partial charge in [0.1, 0.15) is 17.2 Å². The second kappa shape index (κ2) is 8.71. The molecule has 0 bridgehead atoms. The van der Waals surface area contributed by atoms with E-state index in [9.17, 15) is 4.79 Å². The fourth-order valence-electron chi connectivity index (χ4n) is 2.82. The van der Waals surface area contributed by atoms with Gasteiger partial charge < -0.3 is 9.26 Å². The summed E-state index contributed by atoms with van der Waals surface area (Å²) in [7, 11) is 0. The number of rotatable bonds is 7. The Hall–Kier alpha value is -3.44. The van der Waals surface area contributed by atoms with Crippen LogP contribution in [0.1, 0.15) is 22.5 Å². The number of carbonyl (C=O) groups is 1. The molecular weight excluding hydrogens is 388 g/mol. The fourth-order valence-corrected chi connectivity index (χ4v) is 3.06. The molecular formula is C23H17ClN2O3. The number of benzene rings is 2. The van der Waals surface area contributed by atoms with E-state index in [4.69, 9.17) is 20.9 Å². The Bertz CT molecular complexity index is 1110. The fraction of sp³-hybridized carbons (Fsp3) is 0.0870. The molecule has 0 atom stereocenters. The lowest BCUT2D eigenvalue weighted by Crippen LogP contribution is -2.01. The maximum absolute atomic E-state index is 12.5. The van der Waals surface area contributed by atoms with Crippen LogP contribution in [0.15, 0.2) is 83.5 Å². The number of aryl methyl sites for hydroxylation is 1. The summed E-state index contributed by atoms with van der Waals surface area (Å²) >= 11 is 6.19. The van der Waals surface area contributed by atoms with Gasteiger partial charge in [-0.25, -0.2) is 4.98 Å². The van der Waals surface area contributed by atoms with Gasteiger partial charge in [0.25, 0.3) is 0 Å². The number of hydrogen-bond acceptors (Lipinski definition) is 5. The highest BCUT2D eigenvalue weighted by Gasteiger charge is 2.12. The third-order valence-corrected chi connectivity index (χ3v) is 4.66. The number of para-hydroxylation sites is 1. The highest BCUT2D eigenvalue weighted by molar-refractivity contribution is 6.33. The lowest BCUT2D eigenvalue weighted by Gasteiger charge is -2.05. The lowest BCUT2D eigenvalue weighted by atomic mass is 10.1. The van der Waals surface area contributed by atoms with Gasteiger partial charge in [-0.3, -0.25) is 4.79 Å². The summed E-state index contributed by atoms with van der Waals surface area (Å²) in [5, 5.41) is 4.65. The van der Waals surface area contributed by atoms with Gasteiger partial charge in [-0.15, -0.1) is 0 Å². The summed E-state index contributed by atoms with van der Waals surface area (Å²) in [5.41, 5.74) is 1.98. The van der Waals surface area contributed by atoms with E-state index >= 15 is 0 Å². The van der Waals surface area contributed by atoms with Crippen molar-refractivity contribution in [1.82, 2.24) is 10.1 Å². The van der Waals surface area contributed by atoms with Crippen LogP contribution < -0.4 is 4.74 Å². The Morgan fingerprint density at radius 1 is 1.00 bits per heavy atom. The number of Topliss-reactive ketones (excluding diaryl/α,β-unsaturated/α-hetero) is 1. The van der Waals surface area contributed by atoms with E-state index in [0.717, 1.165) is 5.56 Å². The van der Waals surface area contributed by atoms with Crippen LogP contribution in [0.3, 0.4) is 0 Å². The van der Waals surface area contributed by atoms with Gasteiger partial charge >= 0.3 is 0 Å². The number of carbonyl (C=O) groups excluding carboxylic acids is 1.